The Morgan fingerprint density at radius 3 is 2.63 bits per heavy atom. The molecule has 2 N–H and O–H groups in total. The standard InChI is InChI=1S/C11H17N7S/c1-7(19-11-13-5-6-18(11)4)8-14-9(12)16-10(15-8)17(2)3/h5-7H,1-4H3,(H2,12,14,15,16). The number of hydrogen-bond donors (Lipinski definition) is 1. The SMILES string of the molecule is CC(Sc1nccn1C)c1nc(N)nc(N(C)C)n1. The van der Waals surface area contributed by atoms with Crippen molar-refractivity contribution in [3.05, 3.63) is 18.2 Å². The Labute approximate surface area is 116 Å². The Bertz CT molecular complexity index is 566. The molecule has 0 saturated heterocycles. The van der Waals surface area contributed by atoms with Crippen LogP contribution in [0.4, 0.5) is 11.9 Å². The molecule has 0 aromatic carbocycles. The van der Waals surface area contributed by atoms with Crippen molar-refractivity contribution in [2.45, 2.75) is 17.3 Å². The third-order valence-electron chi connectivity index (χ3n) is 2.48. The maximum Gasteiger partial charge on any atom is 0.229 e. The van der Waals surface area contributed by atoms with E-state index in [9.17, 15) is 0 Å². The van der Waals surface area contributed by atoms with E-state index in [1.165, 1.54) is 0 Å². The average Bonchev–Trinajstić information content (AvgIpc) is 2.74. The highest BCUT2D eigenvalue weighted by Crippen LogP contribution is 2.32. The fourth-order valence-corrected chi connectivity index (χ4v) is 2.33. The first-order chi connectivity index (χ1) is 8.97. The van der Waals surface area contributed by atoms with Crippen molar-refractivity contribution in [2.24, 2.45) is 7.05 Å². The van der Waals surface area contributed by atoms with Gasteiger partial charge in [0, 0.05) is 33.5 Å². The lowest BCUT2D eigenvalue weighted by Crippen LogP contribution is -2.16. The number of anilines is 2. The summed E-state index contributed by atoms with van der Waals surface area (Å²) in [5.41, 5.74) is 5.72. The Morgan fingerprint density at radius 2 is 2.05 bits per heavy atom. The molecule has 0 fully saturated rings. The van der Waals surface area contributed by atoms with Crippen molar-refractivity contribution in [3.63, 3.8) is 0 Å². The number of rotatable bonds is 4. The summed E-state index contributed by atoms with van der Waals surface area (Å²) in [5.74, 6) is 1.46. The van der Waals surface area contributed by atoms with Crippen LogP contribution in [0.1, 0.15) is 18.0 Å². The molecule has 2 aromatic heterocycles. The maximum atomic E-state index is 5.72. The minimum atomic E-state index is 0.0464. The van der Waals surface area contributed by atoms with Crippen LogP contribution in [-0.4, -0.2) is 38.6 Å². The first kappa shape index (κ1) is 13.6. The summed E-state index contributed by atoms with van der Waals surface area (Å²) in [7, 11) is 5.69. The third kappa shape index (κ3) is 3.14. The van der Waals surface area contributed by atoms with Crippen LogP contribution >= 0.6 is 11.8 Å². The molecule has 0 amide bonds. The number of aromatic nitrogens is 5. The second-order valence-corrected chi connectivity index (χ2v) is 5.63. The van der Waals surface area contributed by atoms with Gasteiger partial charge < -0.3 is 15.2 Å². The van der Waals surface area contributed by atoms with Gasteiger partial charge in [-0.05, 0) is 6.92 Å². The summed E-state index contributed by atoms with van der Waals surface area (Å²) in [6.45, 7) is 2.02. The zero-order valence-electron chi connectivity index (χ0n) is 11.4. The van der Waals surface area contributed by atoms with E-state index < -0.39 is 0 Å². The van der Waals surface area contributed by atoms with Gasteiger partial charge in [-0.2, -0.15) is 15.0 Å². The van der Waals surface area contributed by atoms with Crippen molar-refractivity contribution < 1.29 is 0 Å². The molecule has 19 heavy (non-hydrogen) atoms. The summed E-state index contributed by atoms with van der Waals surface area (Å²) in [6.07, 6.45) is 3.67. The van der Waals surface area contributed by atoms with Gasteiger partial charge in [0.05, 0.1) is 5.25 Å². The van der Waals surface area contributed by atoms with Crippen LogP contribution in [0.25, 0.3) is 0 Å². The third-order valence-corrected chi connectivity index (χ3v) is 3.65. The van der Waals surface area contributed by atoms with Gasteiger partial charge in [0.15, 0.2) is 5.16 Å². The Hall–Kier alpha value is -1.83. The molecule has 1 atom stereocenters. The number of imidazole rings is 1. The maximum absolute atomic E-state index is 5.72. The number of hydrogen-bond acceptors (Lipinski definition) is 7. The van der Waals surface area contributed by atoms with E-state index in [2.05, 4.69) is 19.9 Å². The fourth-order valence-electron chi connectivity index (χ4n) is 1.46. The van der Waals surface area contributed by atoms with Gasteiger partial charge in [-0.3, -0.25) is 0 Å². The minimum absolute atomic E-state index is 0.0464. The molecular formula is C11H17N7S. The van der Waals surface area contributed by atoms with Crippen LogP contribution in [0, 0.1) is 0 Å². The molecule has 2 rings (SSSR count). The highest BCUT2D eigenvalue weighted by molar-refractivity contribution is 7.99. The molecule has 0 aliphatic rings. The van der Waals surface area contributed by atoms with E-state index in [-0.39, 0.29) is 11.2 Å². The smallest absolute Gasteiger partial charge is 0.229 e. The van der Waals surface area contributed by atoms with Gasteiger partial charge in [-0.25, -0.2) is 4.98 Å². The molecule has 0 radical (unpaired) electrons. The Morgan fingerprint density at radius 1 is 1.32 bits per heavy atom. The summed E-state index contributed by atoms with van der Waals surface area (Å²) in [6, 6.07) is 0. The van der Waals surface area contributed by atoms with Gasteiger partial charge in [-0.15, -0.1) is 0 Å². The van der Waals surface area contributed by atoms with E-state index in [1.807, 2.05) is 38.8 Å². The Balaban J connectivity index is 2.23. The van der Waals surface area contributed by atoms with Gasteiger partial charge in [0.2, 0.25) is 11.9 Å². The number of thioether (sulfide) groups is 1. The molecule has 0 aliphatic heterocycles. The van der Waals surface area contributed by atoms with Gasteiger partial charge >= 0.3 is 0 Å². The lowest BCUT2D eigenvalue weighted by molar-refractivity contribution is 0.781. The monoisotopic (exact) mass is 279 g/mol. The molecule has 102 valence electrons. The molecule has 0 saturated carbocycles. The number of aryl methyl sites for hydroxylation is 1. The van der Waals surface area contributed by atoms with Crippen molar-refractivity contribution in [3.8, 4) is 0 Å². The van der Waals surface area contributed by atoms with E-state index in [1.54, 1.807) is 22.9 Å². The van der Waals surface area contributed by atoms with Crippen LogP contribution in [0.3, 0.4) is 0 Å². The fraction of sp³-hybridized carbons (Fsp3) is 0.455. The van der Waals surface area contributed by atoms with Gasteiger partial charge in [-0.1, -0.05) is 11.8 Å². The molecule has 0 aliphatic carbocycles. The zero-order chi connectivity index (χ0) is 14.0. The summed E-state index contributed by atoms with van der Waals surface area (Å²) in [5, 5.41) is 0.961. The van der Waals surface area contributed by atoms with E-state index in [4.69, 9.17) is 5.73 Å². The highest BCUT2D eigenvalue weighted by Gasteiger charge is 2.16. The first-order valence-corrected chi connectivity index (χ1v) is 6.68. The predicted molar refractivity (Wildman–Crippen MR) is 76.0 cm³/mol. The Kier molecular flexibility index (Phi) is 3.89. The molecule has 7 nitrogen and oxygen atoms in total. The van der Waals surface area contributed by atoms with Crippen molar-refractivity contribution in [1.82, 2.24) is 24.5 Å². The van der Waals surface area contributed by atoms with Crippen LogP contribution in [0.2, 0.25) is 0 Å². The van der Waals surface area contributed by atoms with E-state index in [0.717, 1.165) is 5.16 Å². The largest absolute Gasteiger partial charge is 0.368 e. The topological polar surface area (TPSA) is 85.8 Å². The number of nitrogen functional groups attached to an aromatic ring is 1. The second kappa shape index (κ2) is 5.43. The van der Waals surface area contributed by atoms with Gasteiger partial charge in [0.25, 0.3) is 0 Å². The van der Waals surface area contributed by atoms with Crippen LogP contribution in [0.5, 0.6) is 0 Å². The van der Waals surface area contributed by atoms with E-state index in [0.29, 0.717) is 11.8 Å². The lowest BCUT2D eigenvalue weighted by Gasteiger charge is -2.14. The lowest BCUT2D eigenvalue weighted by atomic mass is 10.4. The molecule has 0 bridgehead atoms. The minimum Gasteiger partial charge on any atom is -0.368 e. The molecule has 2 aromatic rings. The van der Waals surface area contributed by atoms with Crippen LogP contribution in [-0.2, 0) is 7.05 Å². The quantitative estimate of drug-likeness (QED) is 0.839. The van der Waals surface area contributed by atoms with Gasteiger partial charge in [0.1, 0.15) is 5.82 Å². The normalized spacial score (nSPS) is 12.4. The average molecular weight is 279 g/mol. The first-order valence-electron chi connectivity index (χ1n) is 5.80. The summed E-state index contributed by atoms with van der Waals surface area (Å²) in [4.78, 5) is 18.8. The molecule has 2 heterocycles. The highest BCUT2D eigenvalue weighted by atomic mass is 32.2. The summed E-state index contributed by atoms with van der Waals surface area (Å²) >= 11 is 1.58. The molecule has 1 unspecified atom stereocenters. The van der Waals surface area contributed by atoms with Crippen molar-refractivity contribution in [1.29, 1.82) is 0 Å². The summed E-state index contributed by atoms with van der Waals surface area (Å²) < 4.78 is 1.96. The van der Waals surface area contributed by atoms with Crippen molar-refractivity contribution in [2.75, 3.05) is 24.7 Å². The molecule has 0 spiro atoms. The second-order valence-electron chi connectivity index (χ2n) is 4.33. The molecule has 8 heteroatoms. The number of nitrogens with two attached hydrogens (primary N) is 1. The number of nitrogens with zero attached hydrogens (tertiary/aromatic N) is 6. The molecular weight excluding hydrogens is 262 g/mol. The van der Waals surface area contributed by atoms with Crippen LogP contribution < -0.4 is 10.6 Å². The van der Waals surface area contributed by atoms with E-state index >= 15 is 0 Å². The predicted octanol–water partition coefficient (Wildman–Crippen LogP) is 1.11. The van der Waals surface area contributed by atoms with Crippen LogP contribution in [0.15, 0.2) is 17.6 Å². The zero-order valence-corrected chi connectivity index (χ0v) is 12.2. The van der Waals surface area contributed by atoms with Crippen molar-refractivity contribution >= 4 is 23.7 Å².